The van der Waals surface area contributed by atoms with E-state index in [1.54, 1.807) is 49.6 Å². The maximum absolute atomic E-state index is 12.8. The van der Waals surface area contributed by atoms with Crippen molar-refractivity contribution in [1.29, 1.82) is 0 Å². The number of carbonyl (C=O) groups excluding carboxylic acids is 1. The summed E-state index contributed by atoms with van der Waals surface area (Å²) in [4.78, 5) is 20.8. The van der Waals surface area contributed by atoms with Crippen molar-refractivity contribution >= 4 is 50.7 Å². The molecule has 0 fully saturated rings. The largest absolute Gasteiger partial charge is 0.497 e. The lowest BCUT2D eigenvalue weighted by molar-refractivity contribution is -0.113. The minimum Gasteiger partial charge on any atom is -0.497 e. The number of carbonyl (C=O) groups is 1. The van der Waals surface area contributed by atoms with E-state index in [9.17, 15) is 13.2 Å². The quantitative estimate of drug-likeness (QED) is 0.442. The fraction of sp³-hybridized carbons (Fsp3) is 0.150. The molecule has 8 nitrogen and oxygen atoms in total. The molecule has 0 aliphatic carbocycles. The van der Waals surface area contributed by atoms with Crippen molar-refractivity contribution in [2.45, 2.75) is 10.1 Å². The molecule has 0 bridgehead atoms. The molecule has 2 aromatic carbocycles. The van der Waals surface area contributed by atoms with Crippen LogP contribution in [0.15, 0.2) is 58.7 Å². The standard InChI is InChI=1S/C20H17ClN4O4S2/c1-25-16-9-12(21)3-8-15(16)19-17(31(25,27)28)10-22-20(24-19)30-11-18(26)23-13-4-6-14(29-2)7-5-13/h3-10H,11H2,1-2H3,(H,23,26). The first-order valence-electron chi connectivity index (χ1n) is 9.02. The molecule has 0 unspecified atom stereocenters. The molecular weight excluding hydrogens is 460 g/mol. The van der Waals surface area contributed by atoms with Gasteiger partial charge in [-0.3, -0.25) is 9.10 Å². The Hall–Kier alpha value is -2.82. The van der Waals surface area contributed by atoms with Gasteiger partial charge < -0.3 is 10.1 Å². The number of halogens is 1. The Morgan fingerprint density at radius 2 is 1.97 bits per heavy atom. The van der Waals surface area contributed by atoms with Crippen LogP contribution >= 0.6 is 23.4 Å². The first kappa shape index (κ1) is 21.4. The second kappa shape index (κ2) is 8.37. The number of ether oxygens (including phenoxy) is 1. The number of aromatic nitrogens is 2. The summed E-state index contributed by atoms with van der Waals surface area (Å²) in [5.41, 5.74) is 1.99. The number of fused-ring (bicyclic) bond motifs is 3. The lowest BCUT2D eigenvalue weighted by Crippen LogP contribution is -2.31. The summed E-state index contributed by atoms with van der Waals surface area (Å²) in [5.74, 6) is 0.512. The number of benzene rings is 2. The summed E-state index contributed by atoms with van der Waals surface area (Å²) < 4.78 is 31.9. The number of hydrogen-bond donors (Lipinski definition) is 1. The van der Waals surface area contributed by atoms with Gasteiger partial charge in [-0.1, -0.05) is 23.4 Å². The lowest BCUT2D eigenvalue weighted by atomic mass is 10.1. The van der Waals surface area contributed by atoms with Gasteiger partial charge in [-0.15, -0.1) is 0 Å². The first-order chi connectivity index (χ1) is 14.8. The predicted octanol–water partition coefficient (Wildman–Crippen LogP) is 3.67. The van der Waals surface area contributed by atoms with Gasteiger partial charge in [0.05, 0.1) is 30.4 Å². The highest BCUT2D eigenvalue weighted by atomic mass is 35.5. The number of hydrogen-bond acceptors (Lipinski definition) is 7. The van der Waals surface area contributed by atoms with Crippen LogP contribution in [0.2, 0.25) is 5.02 Å². The summed E-state index contributed by atoms with van der Waals surface area (Å²) in [6, 6.07) is 11.9. The summed E-state index contributed by atoms with van der Waals surface area (Å²) in [6.45, 7) is 0. The molecule has 4 rings (SSSR count). The summed E-state index contributed by atoms with van der Waals surface area (Å²) >= 11 is 7.17. The highest BCUT2D eigenvalue weighted by Crippen LogP contribution is 2.42. The fourth-order valence-electron chi connectivity index (χ4n) is 3.05. The van der Waals surface area contributed by atoms with Gasteiger partial charge in [0.2, 0.25) is 5.91 Å². The molecule has 0 atom stereocenters. The van der Waals surface area contributed by atoms with Crippen molar-refractivity contribution in [2.75, 3.05) is 29.5 Å². The van der Waals surface area contributed by atoms with Gasteiger partial charge in [0.15, 0.2) is 5.16 Å². The smallest absolute Gasteiger partial charge is 0.267 e. The van der Waals surface area contributed by atoms with E-state index in [0.717, 1.165) is 16.1 Å². The number of nitrogens with one attached hydrogen (secondary N) is 1. The van der Waals surface area contributed by atoms with Gasteiger partial charge in [0.25, 0.3) is 10.0 Å². The van der Waals surface area contributed by atoms with Gasteiger partial charge in [-0.25, -0.2) is 18.4 Å². The Bertz CT molecular complexity index is 1270. The molecule has 1 N–H and O–H groups in total. The van der Waals surface area contributed by atoms with Crippen molar-refractivity contribution in [3.63, 3.8) is 0 Å². The lowest BCUT2D eigenvalue weighted by Gasteiger charge is -2.28. The first-order valence-corrected chi connectivity index (χ1v) is 11.8. The maximum Gasteiger partial charge on any atom is 0.267 e. The van der Waals surface area contributed by atoms with Crippen LogP contribution in [0.3, 0.4) is 0 Å². The van der Waals surface area contributed by atoms with Gasteiger partial charge in [0.1, 0.15) is 10.6 Å². The predicted molar refractivity (Wildman–Crippen MR) is 120 cm³/mol. The number of methoxy groups -OCH3 is 1. The fourth-order valence-corrected chi connectivity index (χ4v) is 5.12. The highest BCUT2D eigenvalue weighted by molar-refractivity contribution is 7.99. The van der Waals surface area contributed by atoms with Crippen molar-refractivity contribution in [2.24, 2.45) is 0 Å². The monoisotopic (exact) mass is 476 g/mol. The summed E-state index contributed by atoms with van der Waals surface area (Å²) in [5, 5.41) is 3.49. The van der Waals surface area contributed by atoms with Crippen molar-refractivity contribution in [1.82, 2.24) is 9.97 Å². The minimum absolute atomic E-state index is 0.0110. The van der Waals surface area contributed by atoms with Crippen LogP contribution in [0.5, 0.6) is 5.75 Å². The number of thioether (sulfide) groups is 1. The zero-order valence-electron chi connectivity index (χ0n) is 16.5. The molecule has 160 valence electrons. The van der Waals surface area contributed by atoms with E-state index in [0.29, 0.717) is 32.9 Å². The van der Waals surface area contributed by atoms with Gasteiger partial charge in [-0.05, 0) is 42.5 Å². The van der Waals surface area contributed by atoms with E-state index in [1.165, 1.54) is 13.2 Å². The Labute approximate surface area is 188 Å². The van der Waals surface area contributed by atoms with Crippen LogP contribution < -0.4 is 14.4 Å². The van der Waals surface area contributed by atoms with Crippen LogP contribution in [-0.4, -0.2) is 44.2 Å². The zero-order valence-corrected chi connectivity index (χ0v) is 18.9. The molecule has 0 radical (unpaired) electrons. The maximum atomic E-state index is 12.8. The van der Waals surface area contributed by atoms with Crippen molar-refractivity contribution in [3.05, 3.63) is 53.7 Å². The Morgan fingerprint density at radius 3 is 2.68 bits per heavy atom. The normalized spacial score (nSPS) is 13.8. The third-order valence-corrected chi connectivity index (χ3v) is 7.50. The molecule has 31 heavy (non-hydrogen) atoms. The van der Waals surface area contributed by atoms with Crippen LogP contribution in [-0.2, 0) is 14.8 Å². The molecule has 1 aromatic heterocycles. The van der Waals surface area contributed by atoms with E-state index < -0.39 is 10.0 Å². The van der Waals surface area contributed by atoms with E-state index in [-0.39, 0.29) is 22.2 Å². The average molecular weight is 477 g/mol. The van der Waals surface area contributed by atoms with E-state index >= 15 is 0 Å². The Balaban J connectivity index is 1.55. The van der Waals surface area contributed by atoms with Gasteiger partial charge in [-0.2, -0.15) is 0 Å². The topological polar surface area (TPSA) is 101 Å². The molecule has 0 spiro atoms. The minimum atomic E-state index is -3.79. The summed E-state index contributed by atoms with van der Waals surface area (Å²) in [7, 11) is -0.768. The molecule has 1 amide bonds. The van der Waals surface area contributed by atoms with Crippen molar-refractivity contribution in [3.8, 4) is 17.0 Å². The van der Waals surface area contributed by atoms with Crippen LogP contribution in [0.25, 0.3) is 11.3 Å². The van der Waals surface area contributed by atoms with E-state index in [1.807, 2.05) is 0 Å². The van der Waals surface area contributed by atoms with Crippen LogP contribution in [0.1, 0.15) is 0 Å². The van der Waals surface area contributed by atoms with Crippen molar-refractivity contribution < 1.29 is 17.9 Å². The van der Waals surface area contributed by atoms with Crippen LogP contribution in [0.4, 0.5) is 11.4 Å². The number of nitrogens with zero attached hydrogens (tertiary/aromatic N) is 3. The Morgan fingerprint density at radius 1 is 1.23 bits per heavy atom. The second-order valence-electron chi connectivity index (χ2n) is 6.56. The summed E-state index contributed by atoms with van der Waals surface area (Å²) in [6.07, 6.45) is 1.27. The number of amides is 1. The average Bonchev–Trinajstić information content (AvgIpc) is 2.76. The SMILES string of the molecule is COc1ccc(NC(=O)CSc2ncc3c(n2)-c2ccc(Cl)cc2N(C)S3(=O)=O)cc1. The number of anilines is 2. The molecular formula is C20H17ClN4O4S2. The zero-order chi connectivity index (χ0) is 22.2. The van der Waals surface area contributed by atoms with E-state index in [4.69, 9.17) is 16.3 Å². The third-order valence-electron chi connectivity index (χ3n) is 4.63. The van der Waals surface area contributed by atoms with Crippen LogP contribution in [0, 0.1) is 0 Å². The van der Waals surface area contributed by atoms with Gasteiger partial charge >= 0.3 is 0 Å². The molecule has 0 saturated carbocycles. The molecule has 11 heteroatoms. The highest BCUT2D eigenvalue weighted by Gasteiger charge is 2.34. The number of sulfonamides is 1. The molecule has 1 aliphatic rings. The third kappa shape index (κ3) is 4.18. The van der Waals surface area contributed by atoms with Gasteiger partial charge in [0, 0.05) is 23.3 Å². The molecule has 2 heterocycles. The second-order valence-corrected chi connectivity index (χ2v) is 9.88. The number of rotatable bonds is 5. The Kier molecular flexibility index (Phi) is 5.78. The molecule has 3 aromatic rings. The molecule has 1 aliphatic heterocycles. The molecule has 0 saturated heterocycles. The van der Waals surface area contributed by atoms with E-state index in [2.05, 4.69) is 15.3 Å².